The highest BCUT2D eigenvalue weighted by molar-refractivity contribution is 6.33. The molecule has 0 radical (unpaired) electrons. The number of anilines is 1. The first-order chi connectivity index (χ1) is 16.6. The van der Waals surface area contributed by atoms with Crippen molar-refractivity contribution in [3.63, 3.8) is 0 Å². The van der Waals surface area contributed by atoms with Crippen molar-refractivity contribution in [3.8, 4) is 22.8 Å². The Kier molecular flexibility index (Phi) is 6.40. The molecule has 2 aliphatic rings. The van der Waals surface area contributed by atoms with Gasteiger partial charge in [0, 0.05) is 49.2 Å². The number of likely N-dealkylation sites (tertiary alicyclic amines) is 1. The number of amides is 2. The minimum absolute atomic E-state index is 0.0344. The molecule has 2 aliphatic heterocycles. The molecule has 1 fully saturated rings. The SMILES string of the molecule is O=C(Nc1ccc2c(c1)OCO2)C1CCN(C(=O)CCc2ncc(-c3ccccc3Cl)o2)CC1. The average Bonchev–Trinajstić information content (AvgIpc) is 3.52. The highest BCUT2D eigenvalue weighted by Crippen LogP contribution is 2.34. The highest BCUT2D eigenvalue weighted by Gasteiger charge is 2.28. The van der Waals surface area contributed by atoms with Gasteiger partial charge in [0.1, 0.15) is 0 Å². The molecule has 3 heterocycles. The topological polar surface area (TPSA) is 93.9 Å². The predicted octanol–water partition coefficient (Wildman–Crippen LogP) is 4.53. The Morgan fingerprint density at radius 3 is 2.71 bits per heavy atom. The lowest BCUT2D eigenvalue weighted by atomic mass is 9.95. The fourth-order valence-electron chi connectivity index (χ4n) is 4.19. The number of aryl methyl sites for hydroxylation is 1. The van der Waals surface area contributed by atoms with Gasteiger partial charge < -0.3 is 24.1 Å². The van der Waals surface area contributed by atoms with Crippen LogP contribution in [0.2, 0.25) is 5.02 Å². The van der Waals surface area contributed by atoms with Gasteiger partial charge in [-0.05, 0) is 37.1 Å². The van der Waals surface area contributed by atoms with Gasteiger partial charge in [0.2, 0.25) is 18.6 Å². The second kappa shape index (κ2) is 9.77. The van der Waals surface area contributed by atoms with E-state index in [1.807, 2.05) is 23.1 Å². The van der Waals surface area contributed by atoms with Crippen LogP contribution in [-0.4, -0.2) is 41.6 Å². The number of carbonyl (C=O) groups excluding carboxylic acids is 2. The third-order valence-electron chi connectivity index (χ3n) is 6.10. The number of nitrogens with one attached hydrogen (secondary N) is 1. The highest BCUT2D eigenvalue weighted by atomic mass is 35.5. The van der Waals surface area contributed by atoms with Gasteiger partial charge >= 0.3 is 0 Å². The Labute approximate surface area is 201 Å². The van der Waals surface area contributed by atoms with Crippen LogP contribution in [0.3, 0.4) is 0 Å². The van der Waals surface area contributed by atoms with E-state index in [1.165, 1.54) is 0 Å². The molecule has 5 rings (SSSR count). The fraction of sp³-hybridized carbons (Fsp3) is 0.320. The molecule has 0 unspecified atom stereocenters. The number of hydrogen-bond donors (Lipinski definition) is 1. The van der Waals surface area contributed by atoms with Crippen LogP contribution < -0.4 is 14.8 Å². The van der Waals surface area contributed by atoms with Crippen molar-refractivity contribution >= 4 is 29.1 Å². The lowest BCUT2D eigenvalue weighted by Gasteiger charge is -2.31. The molecule has 1 saturated heterocycles. The number of aromatic nitrogens is 1. The molecule has 2 amide bonds. The van der Waals surface area contributed by atoms with E-state index in [1.54, 1.807) is 30.5 Å². The molecule has 0 saturated carbocycles. The Hall–Kier alpha value is -3.52. The van der Waals surface area contributed by atoms with Gasteiger partial charge in [-0.3, -0.25) is 9.59 Å². The van der Waals surface area contributed by atoms with E-state index in [2.05, 4.69) is 10.3 Å². The molecule has 0 spiro atoms. The lowest BCUT2D eigenvalue weighted by Crippen LogP contribution is -2.41. The molecule has 1 N–H and O–H groups in total. The summed E-state index contributed by atoms with van der Waals surface area (Å²) < 4.78 is 16.4. The summed E-state index contributed by atoms with van der Waals surface area (Å²) in [5, 5.41) is 3.53. The van der Waals surface area contributed by atoms with Gasteiger partial charge in [-0.2, -0.15) is 0 Å². The Balaban J connectivity index is 1.09. The molecule has 34 heavy (non-hydrogen) atoms. The van der Waals surface area contributed by atoms with E-state index >= 15 is 0 Å². The zero-order chi connectivity index (χ0) is 23.5. The van der Waals surface area contributed by atoms with Gasteiger partial charge in [-0.15, -0.1) is 0 Å². The van der Waals surface area contributed by atoms with Crippen LogP contribution in [0.15, 0.2) is 53.1 Å². The fourth-order valence-corrected chi connectivity index (χ4v) is 4.42. The maximum absolute atomic E-state index is 12.7. The molecule has 8 nitrogen and oxygen atoms in total. The molecular weight excluding hydrogens is 458 g/mol. The first-order valence-corrected chi connectivity index (χ1v) is 11.6. The molecule has 176 valence electrons. The quantitative estimate of drug-likeness (QED) is 0.555. The number of fused-ring (bicyclic) bond motifs is 1. The van der Waals surface area contributed by atoms with Crippen LogP contribution in [0.4, 0.5) is 5.69 Å². The van der Waals surface area contributed by atoms with E-state index in [0.29, 0.717) is 72.6 Å². The number of rotatable bonds is 6. The number of nitrogens with zero attached hydrogens (tertiary/aromatic N) is 2. The van der Waals surface area contributed by atoms with E-state index in [-0.39, 0.29) is 24.5 Å². The van der Waals surface area contributed by atoms with Gasteiger partial charge in [0.25, 0.3) is 0 Å². The summed E-state index contributed by atoms with van der Waals surface area (Å²) >= 11 is 6.21. The Morgan fingerprint density at radius 2 is 1.88 bits per heavy atom. The molecule has 3 aromatic rings. The summed E-state index contributed by atoms with van der Waals surface area (Å²) in [5.74, 6) is 2.24. The summed E-state index contributed by atoms with van der Waals surface area (Å²) in [7, 11) is 0. The minimum Gasteiger partial charge on any atom is -0.454 e. The maximum Gasteiger partial charge on any atom is 0.231 e. The summed E-state index contributed by atoms with van der Waals surface area (Å²) in [4.78, 5) is 31.5. The summed E-state index contributed by atoms with van der Waals surface area (Å²) in [6.07, 6.45) is 3.59. The first-order valence-electron chi connectivity index (χ1n) is 11.2. The molecule has 0 bridgehead atoms. The first kappa shape index (κ1) is 22.3. The van der Waals surface area contributed by atoms with E-state index in [9.17, 15) is 9.59 Å². The smallest absolute Gasteiger partial charge is 0.231 e. The molecule has 1 aromatic heterocycles. The van der Waals surface area contributed by atoms with Crippen LogP contribution in [0.5, 0.6) is 11.5 Å². The largest absolute Gasteiger partial charge is 0.454 e. The van der Waals surface area contributed by atoms with Crippen molar-refractivity contribution in [2.45, 2.75) is 25.7 Å². The number of oxazole rings is 1. The van der Waals surface area contributed by atoms with Crippen molar-refractivity contribution in [1.82, 2.24) is 9.88 Å². The average molecular weight is 482 g/mol. The van der Waals surface area contributed by atoms with Crippen LogP contribution in [0.25, 0.3) is 11.3 Å². The van der Waals surface area contributed by atoms with Crippen LogP contribution in [-0.2, 0) is 16.0 Å². The standard InChI is InChI=1S/C25H24ClN3O5/c26-19-4-2-1-3-18(19)22-14-27-23(34-22)7-8-24(30)29-11-9-16(10-12-29)25(31)28-17-5-6-20-21(13-17)33-15-32-20/h1-6,13-14,16H,7-12,15H2,(H,28,31). The Morgan fingerprint density at radius 1 is 1.09 bits per heavy atom. The Bertz CT molecular complexity index is 1200. The van der Waals surface area contributed by atoms with Gasteiger partial charge in [-0.25, -0.2) is 4.98 Å². The lowest BCUT2D eigenvalue weighted by molar-refractivity contribution is -0.134. The number of halogens is 1. The van der Waals surface area contributed by atoms with Crippen molar-refractivity contribution in [3.05, 3.63) is 59.6 Å². The van der Waals surface area contributed by atoms with Crippen LogP contribution in [0, 0.1) is 5.92 Å². The number of ether oxygens (including phenoxy) is 2. The van der Waals surface area contributed by atoms with Gasteiger partial charge in [0.05, 0.1) is 11.2 Å². The second-order valence-electron chi connectivity index (χ2n) is 8.31. The van der Waals surface area contributed by atoms with Gasteiger partial charge in [-0.1, -0.05) is 23.7 Å². The third kappa shape index (κ3) is 4.87. The number of carbonyl (C=O) groups is 2. The number of benzene rings is 2. The van der Waals surface area contributed by atoms with E-state index in [0.717, 1.165) is 5.56 Å². The van der Waals surface area contributed by atoms with Gasteiger partial charge in [0.15, 0.2) is 23.1 Å². The summed E-state index contributed by atoms with van der Waals surface area (Å²) in [6, 6.07) is 12.7. The van der Waals surface area contributed by atoms with Crippen molar-refractivity contribution in [2.24, 2.45) is 5.92 Å². The monoisotopic (exact) mass is 481 g/mol. The molecule has 0 aliphatic carbocycles. The van der Waals surface area contributed by atoms with E-state index < -0.39 is 0 Å². The summed E-state index contributed by atoms with van der Waals surface area (Å²) in [6.45, 7) is 1.29. The molecule has 0 atom stereocenters. The number of hydrogen-bond acceptors (Lipinski definition) is 6. The normalized spacial score (nSPS) is 15.4. The van der Waals surface area contributed by atoms with E-state index in [4.69, 9.17) is 25.5 Å². The molecule has 2 aromatic carbocycles. The zero-order valence-electron chi connectivity index (χ0n) is 18.5. The van der Waals surface area contributed by atoms with Crippen LogP contribution >= 0.6 is 11.6 Å². The summed E-state index contributed by atoms with van der Waals surface area (Å²) in [5.41, 5.74) is 1.45. The zero-order valence-corrected chi connectivity index (χ0v) is 19.2. The number of piperidine rings is 1. The van der Waals surface area contributed by atoms with Crippen molar-refractivity contribution in [1.29, 1.82) is 0 Å². The second-order valence-corrected chi connectivity index (χ2v) is 8.72. The van der Waals surface area contributed by atoms with Crippen molar-refractivity contribution < 1.29 is 23.5 Å². The molecule has 9 heteroatoms. The van der Waals surface area contributed by atoms with Crippen molar-refractivity contribution in [2.75, 3.05) is 25.2 Å². The predicted molar refractivity (Wildman–Crippen MR) is 126 cm³/mol. The third-order valence-corrected chi connectivity index (χ3v) is 6.43. The maximum atomic E-state index is 12.7. The van der Waals surface area contributed by atoms with Crippen LogP contribution in [0.1, 0.15) is 25.2 Å². The molecular formula is C25H24ClN3O5. The minimum atomic E-state index is -0.139.